The second kappa shape index (κ2) is 10.2. The van der Waals surface area contributed by atoms with Crippen LogP contribution in [0.15, 0.2) is 72.8 Å². The van der Waals surface area contributed by atoms with Gasteiger partial charge in [0, 0.05) is 12.6 Å². The lowest BCUT2D eigenvalue weighted by molar-refractivity contribution is 0.104. The highest BCUT2D eigenvalue weighted by atomic mass is 16.6. The summed E-state index contributed by atoms with van der Waals surface area (Å²) in [5, 5.41) is 13.6. The predicted molar refractivity (Wildman–Crippen MR) is 118 cm³/mol. The van der Waals surface area contributed by atoms with E-state index in [0.29, 0.717) is 25.5 Å². The summed E-state index contributed by atoms with van der Waals surface area (Å²) in [4.78, 5) is 0. The van der Waals surface area contributed by atoms with Crippen LogP contribution >= 0.6 is 0 Å². The molecule has 0 saturated heterocycles. The first kappa shape index (κ1) is 21.0. The van der Waals surface area contributed by atoms with E-state index in [4.69, 9.17) is 18.9 Å². The van der Waals surface area contributed by atoms with Crippen molar-refractivity contribution in [1.29, 1.82) is 0 Å². The van der Waals surface area contributed by atoms with Crippen LogP contribution in [0.1, 0.15) is 18.5 Å². The molecule has 31 heavy (non-hydrogen) atoms. The monoisotopic (exact) mass is 421 g/mol. The van der Waals surface area contributed by atoms with E-state index < -0.39 is 6.10 Å². The van der Waals surface area contributed by atoms with E-state index in [-0.39, 0.29) is 12.6 Å². The lowest BCUT2D eigenvalue weighted by Gasteiger charge is -2.22. The number of benzene rings is 3. The Hall–Kier alpha value is -3.22. The molecular weight excluding hydrogens is 394 g/mol. The van der Waals surface area contributed by atoms with Crippen molar-refractivity contribution in [2.24, 2.45) is 0 Å². The molecule has 1 aliphatic rings. The summed E-state index contributed by atoms with van der Waals surface area (Å²) >= 11 is 0. The molecule has 0 bridgehead atoms. The molecule has 0 unspecified atom stereocenters. The topological polar surface area (TPSA) is 69.2 Å². The summed E-state index contributed by atoms with van der Waals surface area (Å²) in [7, 11) is 0. The summed E-state index contributed by atoms with van der Waals surface area (Å²) in [6.45, 7) is 3.79. The van der Waals surface area contributed by atoms with E-state index in [1.807, 2.05) is 79.7 Å². The third-order valence-electron chi connectivity index (χ3n) is 4.97. The van der Waals surface area contributed by atoms with Gasteiger partial charge in [-0.3, -0.25) is 0 Å². The number of para-hydroxylation sites is 1. The Balaban J connectivity index is 1.21. The molecule has 2 N–H and O–H groups in total. The fourth-order valence-electron chi connectivity index (χ4n) is 3.24. The van der Waals surface area contributed by atoms with E-state index in [2.05, 4.69) is 5.32 Å². The molecule has 6 heteroatoms. The van der Waals surface area contributed by atoms with Crippen LogP contribution in [0.2, 0.25) is 0 Å². The average Bonchev–Trinajstić information content (AvgIpc) is 2.82. The minimum Gasteiger partial charge on any atom is -0.491 e. The van der Waals surface area contributed by atoms with Crippen LogP contribution in [0, 0.1) is 0 Å². The molecule has 0 spiro atoms. The van der Waals surface area contributed by atoms with Gasteiger partial charge < -0.3 is 29.4 Å². The highest BCUT2D eigenvalue weighted by Gasteiger charge is 2.15. The Morgan fingerprint density at radius 3 is 2.32 bits per heavy atom. The quantitative estimate of drug-likeness (QED) is 0.536. The summed E-state index contributed by atoms with van der Waals surface area (Å²) < 4.78 is 22.7. The van der Waals surface area contributed by atoms with Gasteiger partial charge in [-0.15, -0.1) is 0 Å². The largest absolute Gasteiger partial charge is 0.491 e. The van der Waals surface area contributed by atoms with Crippen LogP contribution in [0.5, 0.6) is 28.7 Å². The molecule has 0 aliphatic carbocycles. The Morgan fingerprint density at radius 2 is 1.55 bits per heavy atom. The molecule has 0 fully saturated rings. The first-order valence-electron chi connectivity index (χ1n) is 10.4. The van der Waals surface area contributed by atoms with Crippen molar-refractivity contribution in [2.45, 2.75) is 19.1 Å². The van der Waals surface area contributed by atoms with Crippen molar-refractivity contribution < 1.29 is 24.1 Å². The fourth-order valence-corrected chi connectivity index (χ4v) is 3.24. The molecule has 2 atom stereocenters. The zero-order chi connectivity index (χ0) is 21.5. The van der Waals surface area contributed by atoms with Gasteiger partial charge in [0.05, 0.1) is 0 Å². The molecule has 0 amide bonds. The Kier molecular flexibility index (Phi) is 6.92. The standard InChI is InChI=1S/C25H27NO5/c1-18(19-7-12-24-25(15-19)29-14-13-28-24)26-16-20(27)17-30-21-8-10-23(11-9-21)31-22-5-3-2-4-6-22/h2-12,15,18,20,26-27H,13-14,16-17H2,1H3/t18-,20+/m1/s1. The predicted octanol–water partition coefficient (Wildman–Crippen LogP) is 4.34. The van der Waals surface area contributed by atoms with E-state index in [1.54, 1.807) is 0 Å². The second-order valence-corrected chi connectivity index (χ2v) is 7.38. The molecule has 0 saturated carbocycles. The van der Waals surface area contributed by atoms with Gasteiger partial charge in [-0.05, 0) is 61.0 Å². The van der Waals surface area contributed by atoms with Gasteiger partial charge in [-0.25, -0.2) is 0 Å². The van der Waals surface area contributed by atoms with Crippen molar-refractivity contribution in [3.05, 3.63) is 78.4 Å². The molecule has 1 aliphatic heterocycles. The number of aliphatic hydroxyl groups is 1. The van der Waals surface area contributed by atoms with Crippen molar-refractivity contribution in [1.82, 2.24) is 5.32 Å². The van der Waals surface area contributed by atoms with E-state index >= 15 is 0 Å². The SMILES string of the molecule is C[C@@H](NC[C@H](O)COc1ccc(Oc2ccccc2)cc1)c1ccc2c(c1)OCCO2. The van der Waals surface area contributed by atoms with Crippen LogP contribution in [-0.4, -0.2) is 37.6 Å². The number of fused-ring (bicyclic) bond motifs is 1. The van der Waals surface area contributed by atoms with E-state index in [9.17, 15) is 5.11 Å². The molecular formula is C25H27NO5. The summed E-state index contributed by atoms with van der Waals surface area (Å²) in [5.41, 5.74) is 1.08. The van der Waals surface area contributed by atoms with E-state index in [0.717, 1.165) is 28.6 Å². The minimum atomic E-state index is -0.639. The van der Waals surface area contributed by atoms with Crippen LogP contribution in [-0.2, 0) is 0 Å². The van der Waals surface area contributed by atoms with Gasteiger partial charge in [0.2, 0.25) is 0 Å². The number of nitrogens with one attached hydrogen (secondary N) is 1. The molecule has 0 aromatic heterocycles. The van der Waals surface area contributed by atoms with Crippen LogP contribution in [0.3, 0.4) is 0 Å². The molecule has 4 rings (SSSR count). The Labute approximate surface area is 182 Å². The number of hydrogen-bond donors (Lipinski definition) is 2. The minimum absolute atomic E-state index is 0.0555. The molecule has 0 radical (unpaired) electrons. The molecule has 6 nitrogen and oxygen atoms in total. The lowest BCUT2D eigenvalue weighted by Crippen LogP contribution is -2.33. The van der Waals surface area contributed by atoms with Gasteiger partial charge in [-0.1, -0.05) is 24.3 Å². The maximum Gasteiger partial charge on any atom is 0.161 e. The zero-order valence-corrected chi connectivity index (χ0v) is 17.5. The third kappa shape index (κ3) is 5.90. The van der Waals surface area contributed by atoms with Crippen molar-refractivity contribution in [2.75, 3.05) is 26.4 Å². The summed E-state index contributed by atoms with van der Waals surface area (Å²) in [6.07, 6.45) is -0.639. The number of rotatable bonds is 9. The summed E-state index contributed by atoms with van der Waals surface area (Å²) in [6, 6.07) is 22.9. The average molecular weight is 421 g/mol. The third-order valence-corrected chi connectivity index (χ3v) is 4.97. The first-order valence-corrected chi connectivity index (χ1v) is 10.4. The highest BCUT2D eigenvalue weighted by molar-refractivity contribution is 5.44. The fraction of sp³-hybridized carbons (Fsp3) is 0.280. The Morgan fingerprint density at radius 1 is 0.871 bits per heavy atom. The van der Waals surface area contributed by atoms with Crippen molar-refractivity contribution in [3.63, 3.8) is 0 Å². The normalized spacial score (nSPS) is 14.5. The van der Waals surface area contributed by atoms with Crippen LogP contribution in [0.25, 0.3) is 0 Å². The van der Waals surface area contributed by atoms with Crippen molar-refractivity contribution >= 4 is 0 Å². The lowest BCUT2D eigenvalue weighted by atomic mass is 10.1. The highest BCUT2D eigenvalue weighted by Crippen LogP contribution is 2.32. The molecule has 3 aromatic rings. The maximum atomic E-state index is 10.3. The Bertz CT molecular complexity index is 961. The van der Waals surface area contributed by atoms with Crippen molar-refractivity contribution in [3.8, 4) is 28.7 Å². The van der Waals surface area contributed by atoms with Gasteiger partial charge in [-0.2, -0.15) is 0 Å². The number of hydrogen-bond acceptors (Lipinski definition) is 6. The number of ether oxygens (including phenoxy) is 4. The molecule has 162 valence electrons. The zero-order valence-electron chi connectivity index (χ0n) is 17.5. The maximum absolute atomic E-state index is 10.3. The second-order valence-electron chi connectivity index (χ2n) is 7.38. The molecule has 3 aromatic carbocycles. The van der Waals surface area contributed by atoms with E-state index in [1.165, 1.54) is 0 Å². The smallest absolute Gasteiger partial charge is 0.161 e. The van der Waals surface area contributed by atoms with Gasteiger partial charge in [0.1, 0.15) is 43.2 Å². The summed E-state index contributed by atoms with van der Waals surface area (Å²) in [5.74, 6) is 3.73. The first-order chi connectivity index (χ1) is 15.2. The molecule has 1 heterocycles. The van der Waals surface area contributed by atoms with Gasteiger partial charge in [0.15, 0.2) is 11.5 Å². The van der Waals surface area contributed by atoms with Crippen LogP contribution < -0.4 is 24.3 Å². The van der Waals surface area contributed by atoms with Crippen LogP contribution in [0.4, 0.5) is 0 Å². The van der Waals surface area contributed by atoms with Gasteiger partial charge in [0.25, 0.3) is 0 Å². The number of aliphatic hydroxyl groups excluding tert-OH is 1. The van der Waals surface area contributed by atoms with Gasteiger partial charge >= 0.3 is 0 Å².